The molecule has 0 radical (unpaired) electrons. The molecule has 1 aromatic heterocycles. The monoisotopic (exact) mass is 584 g/mol. The summed E-state index contributed by atoms with van der Waals surface area (Å²) < 4.78 is 81.7. The fraction of sp³-hybridized carbons (Fsp3) is 0.143. The first kappa shape index (κ1) is 28.2. The van der Waals surface area contributed by atoms with Crippen LogP contribution in [0, 0.1) is 11.3 Å². The number of carboxylic acid groups (broad SMARTS) is 1. The zero-order chi connectivity index (χ0) is 30.4. The van der Waals surface area contributed by atoms with Gasteiger partial charge in [-0.1, -0.05) is 24.3 Å². The van der Waals surface area contributed by atoms with E-state index in [-0.39, 0.29) is 34.5 Å². The van der Waals surface area contributed by atoms with Gasteiger partial charge < -0.3 is 10.4 Å². The molecule has 0 fully saturated rings. The van der Waals surface area contributed by atoms with Gasteiger partial charge in [-0.2, -0.15) is 36.6 Å². The van der Waals surface area contributed by atoms with Gasteiger partial charge in [0, 0.05) is 17.1 Å². The highest BCUT2D eigenvalue weighted by Crippen LogP contribution is 2.44. The van der Waals surface area contributed by atoms with Crippen molar-refractivity contribution in [2.45, 2.75) is 25.3 Å². The number of anilines is 4. The fourth-order valence-electron chi connectivity index (χ4n) is 4.64. The summed E-state index contributed by atoms with van der Waals surface area (Å²) in [5, 5.41) is 26.5. The fourth-order valence-corrected chi connectivity index (χ4v) is 4.64. The zero-order valence-electron chi connectivity index (χ0n) is 21.4. The van der Waals surface area contributed by atoms with Crippen LogP contribution in [0.15, 0.2) is 84.1 Å². The summed E-state index contributed by atoms with van der Waals surface area (Å²) in [6.45, 7) is 1.40. The number of allylic oxidation sites excluding steroid dienone is 1. The summed E-state index contributed by atoms with van der Waals surface area (Å²) in [5.74, 6) is -1.73. The number of fused-ring (bicyclic) bond motifs is 1. The van der Waals surface area contributed by atoms with Crippen LogP contribution in [-0.4, -0.2) is 25.8 Å². The maximum absolute atomic E-state index is 13.6. The molecule has 0 saturated heterocycles. The van der Waals surface area contributed by atoms with Crippen molar-refractivity contribution < 1.29 is 36.2 Å². The largest absolute Gasteiger partial charge is 0.478 e. The molecule has 3 aromatic carbocycles. The van der Waals surface area contributed by atoms with Crippen LogP contribution in [-0.2, 0) is 17.1 Å². The van der Waals surface area contributed by atoms with Gasteiger partial charge in [-0.05, 0) is 61.0 Å². The van der Waals surface area contributed by atoms with Gasteiger partial charge >= 0.3 is 18.3 Å². The number of rotatable bonds is 5. The standard InChI is InChI=1S/C28H18F6N6O2/c1-15-22(24(41)42)23(17-10-8-16(14-35)9-11-17)40-26(39(15)21-7-3-5-19(13-21)28(32,33)34)37-25(38-40)36-20-6-2-4-18(12-20)27(29,30)31/h2-13,23H,1H3,(H,36,38)(H,41,42). The molecule has 0 amide bonds. The Kier molecular flexibility index (Phi) is 6.89. The molecular formula is C28H18F6N6O2. The normalized spacial score (nSPS) is 15.3. The predicted octanol–water partition coefficient (Wildman–Crippen LogP) is 7.03. The Morgan fingerprint density at radius 3 is 2.17 bits per heavy atom. The van der Waals surface area contributed by atoms with Crippen molar-refractivity contribution in [2.24, 2.45) is 0 Å². The molecule has 1 unspecified atom stereocenters. The maximum Gasteiger partial charge on any atom is 0.416 e. The average molecular weight is 584 g/mol. The third-order valence-corrected chi connectivity index (χ3v) is 6.52. The van der Waals surface area contributed by atoms with Crippen LogP contribution in [0.25, 0.3) is 0 Å². The molecule has 14 heteroatoms. The second kappa shape index (κ2) is 10.3. The number of aliphatic carboxylic acids is 1. The average Bonchev–Trinajstić information content (AvgIpc) is 3.34. The molecule has 2 heterocycles. The van der Waals surface area contributed by atoms with Crippen LogP contribution in [0.3, 0.4) is 0 Å². The van der Waals surface area contributed by atoms with Crippen LogP contribution < -0.4 is 10.2 Å². The number of alkyl halides is 6. The van der Waals surface area contributed by atoms with E-state index in [2.05, 4.69) is 15.4 Å². The molecule has 0 bridgehead atoms. The second-order valence-corrected chi connectivity index (χ2v) is 9.21. The number of aromatic nitrogens is 3. The SMILES string of the molecule is CC1=C(C(=O)O)C(c2ccc(C#N)cc2)n2nc(Nc3cccc(C(F)(F)F)c3)nc2N1c1cccc(C(F)(F)F)c1. The van der Waals surface area contributed by atoms with Gasteiger partial charge in [-0.3, -0.25) is 4.90 Å². The number of benzene rings is 3. The number of nitrogens with zero attached hydrogens (tertiary/aromatic N) is 5. The molecular weight excluding hydrogens is 566 g/mol. The highest BCUT2D eigenvalue weighted by molar-refractivity contribution is 5.92. The summed E-state index contributed by atoms with van der Waals surface area (Å²) in [6.07, 6.45) is -9.33. The summed E-state index contributed by atoms with van der Waals surface area (Å²) >= 11 is 0. The van der Waals surface area contributed by atoms with Gasteiger partial charge in [0.25, 0.3) is 0 Å². The molecule has 0 aliphatic carbocycles. The Hall–Kier alpha value is -5.32. The molecule has 0 spiro atoms. The molecule has 1 atom stereocenters. The summed E-state index contributed by atoms with van der Waals surface area (Å²) in [7, 11) is 0. The van der Waals surface area contributed by atoms with E-state index in [4.69, 9.17) is 0 Å². The van der Waals surface area contributed by atoms with Crippen molar-refractivity contribution in [1.29, 1.82) is 5.26 Å². The lowest BCUT2D eigenvalue weighted by atomic mass is 9.94. The molecule has 1 aliphatic rings. The molecule has 8 nitrogen and oxygen atoms in total. The number of carbonyl (C=O) groups is 1. The van der Waals surface area contributed by atoms with Gasteiger partial charge in [0.1, 0.15) is 6.04 Å². The second-order valence-electron chi connectivity index (χ2n) is 9.21. The number of nitrogens with one attached hydrogen (secondary N) is 1. The van der Waals surface area contributed by atoms with Gasteiger partial charge in [0.15, 0.2) is 0 Å². The Morgan fingerprint density at radius 2 is 1.57 bits per heavy atom. The van der Waals surface area contributed by atoms with Gasteiger partial charge in [-0.15, -0.1) is 5.10 Å². The molecule has 4 aromatic rings. The van der Waals surface area contributed by atoms with Gasteiger partial charge in [-0.25, -0.2) is 9.48 Å². The van der Waals surface area contributed by atoms with Crippen molar-refractivity contribution in [3.05, 3.63) is 106 Å². The smallest absolute Gasteiger partial charge is 0.416 e. The van der Waals surface area contributed by atoms with E-state index < -0.39 is 35.5 Å². The van der Waals surface area contributed by atoms with Crippen LogP contribution in [0.5, 0.6) is 0 Å². The van der Waals surface area contributed by atoms with Crippen LogP contribution in [0.4, 0.5) is 49.6 Å². The minimum atomic E-state index is -4.70. The van der Waals surface area contributed by atoms with Crippen molar-refractivity contribution in [3.63, 3.8) is 0 Å². The molecule has 214 valence electrons. The van der Waals surface area contributed by atoms with Crippen LogP contribution in [0.2, 0.25) is 0 Å². The van der Waals surface area contributed by atoms with E-state index in [1.165, 1.54) is 54.3 Å². The summed E-state index contributed by atoms with van der Waals surface area (Å²) in [4.78, 5) is 18.2. The number of carboxylic acids is 1. The van der Waals surface area contributed by atoms with Gasteiger partial charge in [0.2, 0.25) is 11.9 Å². The Labute approximate surface area is 233 Å². The lowest BCUT2D eigenvalue weighted by molar-refractivity contribution is -0.138. The van der Waals surface area contributed by atoms with E-state index >= 15 is 0 Å². The van der Waals surface area contributed by atoms with E-state index in [1.54, 1.807) is 0 Å². The summed E-state index contributed by atoms with van der Waals surface area (Å²) in [6, 6.07) is 15.1. The third kappa shape index (κ3) is 5.24. The molecule has 5 rings (SSSR count). The Morgan fingerprint density at radius 1 is 0.952 bits per heavy atom. The van der Waals surface area contributed by atoms with E-state index in [1.807, 2.05) is 6.07 Å². The first-order chi connectivity index (χ1) is 19.8. The molecule has 0 saturated carbocycles. The number of hydrogen-bond acceptors (Lipinski definition) is 6. The minimum absolute atomic E-state index is 0.0294. The molecule has 42 heavy (non-hydrogen) atoms. The molecule has 2 N–H and O–H groups in total. The van der Waals surface area contributed by atoms with Gasteiger partial charge in [0.05, 0.1) is 28.3 Å². The Balaban J connectivity index is 1.70. The topological polar surface area (TPSA) is 107 Å². The van der Waals surface area contributed by atoms with Crippen molar-refractivity contribution in [3.8, 4) is 6.07 Å². The van der Waals surface area contributed by atoms with E-state index in [0.29, 0.717) is 11.1 Å². The van der Waals surface area contributed by atoms with Crippen LogP contribution in [0.1, 0.15) is 35.2 Å². The van der Waals surface area contributed by atoms with Crippen LogP contribution >= 0.6 is 0 Å². The Bertz CT molecular complexity index is 1750. The zero-order valence-corrected chi connectivity index (χ0v) is 21.4. The third-order valence-electron chi connectivity index (χ3n) is 6.52. The van der Waals surface area contributed by atoms with E-state index in [0.717, 1.165) is 35.0 Å². The van der Waals surface area contributed by atoms with E-state index in [9.17, 15) is 41.5 Å². The lowest BCUT2D eigenvalue weighted by Crippen LogP contribution is -2.34. The lowest BCUT2D eigenvalue weighted by Gasteiger charge is -2.35. The number of hydrogen-bond donors (Lipinski definition) is 2. The first-order valence-corrected chi connectivity index (χ1v) is 12.1. The first-order valence-electron chi connectivity index (χ1n) is 12.1. The number of halogens is 6. The minimum Gasteiger partial charge on any atom is -0.478 e. The highest BCUT2D eigenvalue weighted by Gasteiger charge is 2.40. The highest BCUT2D eigenvalue weighted by atomic mass is 19.4. The number of nitriles is 1. The summed E-state index contributed by atoms with van der Waals surface area (Å²) in [5.41, 5.74) is -1.60. The van der Waals surface area contributed by atoms with Crippen molar-refractivity contribution in [2.75, 3.05) is 10.2 Å². The predicted molar refractivity (Wildman–Crippen MR) is 138 cm³/mol. The molecule has 1 aliphatic heterocycles. The van der Waals surface area contributed by atoms with Crippen molar-refractivity contribution in [1.82, 2.24) is 14.8 Å². The quantitative estimate of drug-likeness (QED) is 0.243. The maximum atomic E-state index is 13.6. The van der Waals surface area contributed by atoms with Crippen molar-refractivity contribution >= 4 is 29.2 Å².